The van der Waals surface area contributed by atoms with Gasteiger partial charge < -0.3 is 9.47 Å². The van der Waals surface area contributed by atoms with Crippen LogP contribution in [0.1, 0.15) is 30.9 Å². The summed E-state index contributed by atoms with van der Waals surface area (Å²) in [5.74, 6) is 0.487. The summed E-state index contributed by atoms with van der Waals surface area (Å²) in [6.45, 7) is 6.59. The van der Waals surface area contributed by atoms with Gasteiger partial charge in [-0.05, 0) is 25.3 Å². The van der Waals surface area contributed by atoms with Gasteiger partial charge in [-0.3, -0.25) is 0 Å². The Kier molecular flexibility index (Phi) is 4.57. The molecule has 2 nitrogen and oxygen atoms in total. The molecule has 1 aromatic rings. The molecule has 1 saturated carbocycles. The lowest BCUT2D eigenvalue weighted by Crippen LogP contribution is -2.13. The Balaban J connectivity index is 1.59. The van der Waals surface area contributed by atoms with Crippen LogP contribution in [0.4, 0.5) is 0 Å². The molecule has 94 valence electrons. The van der Waals surface area contributed by atoms with Gasteiger partial charge in [-0.25, -0.2) is 0 Å². The standard InChI is InChI=1S/C15H22O2/c1-12-3-5-14(6-4-12)11-16-9-13(2)10-17-15-7-8-15/h3-6,13,15H,7-11H2,1-2H3. The van der Waals surface area contributed by atoms with Crippen LogP contribution in [0.2, 0.25) is 0 Å². The van der Waals surface area contributed by atoms with E-state index in [0.29, 0.717) is 18.6 Å². The van der Waals surface area contributed by atoms with Gasteiger partial charge in [0.15, 0.2) is 0 Å². The average molecular weight is 234 g/mol. The number of hydrogen-bond acceptors (Lipinski definition) is 2. The second-order valence-electron chi connectivity index (χ2n) is 5.14. The molecule has 1 aliphatic rings. The summed E-state index contributed by atoms with van der Waals surface area (Å²) in [5, 5.41) is 0. The minimum absolute atomic E-state index is 0.487. The molecular weight excluding hydrogens is 212 g/mol. The molecule has 1 aromatic carbocycles. The highest BCUT2D eigenvalue weighted by atomic mass is 16.5. The highest BCUT2D eigenvalue weighted by Gasteiger charge is 2.22. The minimum atomic E-state index is 0.487. The van der Waals surface area contributed by atoms with Crippen LogP contribution in [0.25, 0.3) is 0 Å². The SMILES string of the molecule is Cc1ccc(COCC(C)COC2CC2)cc1. The summed E-state index contributed by atoms with van der Waals surface area (Å²) in [6.07, 6.45) is 3.04. The van der Waals surface area contributed by atoms with Crippen molar-refractivity contribution >= 4 is 0 Å². The molecule has 0 N–H and O–H groups in total. The van der Waals surface area contributed by atoms with Crippen LogP contribution in [-0.2, 0) is 16.1 Å². The molecule has 0 saturated heterocycles. The lowest BCUT2D eigenvalue weighted by Gasteiger charge is -2.12. The molecule has 1 fully saturated rings. The average Bonchev–Trinajstić information content (AvgIpc) is 3.13. The van der Waals surface area contributed by atoms with Crippen molar-refractivity contribution in [2.45, 2.75) is 39.4 Å². The fourth-order valence-electron chi connectivity index (χ4n) is 1.65. The predicted octanol–water partition coefficient (Wildman–Crippen LogP) is 3.33. The second kappa shape index (κ2) is 6.18. The minimum Gasteiger partial charge on any atom is -0.378 e. The van der Waals surface area contributed by atoms with Gasteiger partial charge in [0.1, 0.15) is 0 Å². The molecule has 0 amide bonds. The molecule has 1 aliphatic carbocycles. The zero-order valence-electron chi connectivity index (χ0n) is 10.8. The predicted molar refractivity (Wildman–Crippen MR) is 69.0 cm³/mol. The largest absolute Gasteiger partial charge is 0.378 e. The summed E-state index contributed by atoms with van der Waals surface area (Å²) in [5.41, 5.74) is 2.53. The molecule has 0 aliphatic heterocycles. The topological polar surface area (TPSA) is 18.5 Å². The molecule has 0 heterocycles. The number of aryl methyl sites for hydroxylation is 1. The van der Waals surface area contributed by atoms with E-state index in [2.05, 4.69) is 38.1 Å². The molecule has 0 aromatic heterocycles. The van der Waals surface area contributed by atoms with Crippen LogP contribution in [0.3, 0.4) is 0 Å². The fourth-order valence-corrected chi connectivity index (χ4v) is 1.65. The Bertz CT molecular complexity index is 327. The maximum Gasteiger partial charge on any atom is 0.0717 e. The molecule has 1 unspecified atom stereocenters. The molecule has 0 bridgehead atoms. The lowest BCUT2D eigenvalue weighted by molar-refractivity contribution is 0.0333. The maximum absolute atomic E-state index is 5.69. The summed E-state index contributed by atoms with van der Waals surface area (Å²) < 4.78 is 11.3. The Morgan fingerprint density at radius 2 is 1.88 bits per heavy atom. The normalized spacial score (nSPS) is 17.1. The van der Waals surface area contributed by atoms with Crippen LogP contribution in [0, 0.1) is 12.8 Å². The van der Waals surface area contributed by atoms with Gasteiger partial charge in [-0.1, -0.05) is 36.8 Å². The Morgan fingerprint density at radius 1 is 1.18 bits per heavy atom. The quantitative estimate of drug-likeness (QED) is 0.720. The van der Waals surface area contributed by atoms with E-state index in [-0.39, 0.29) is 0 Å². The summed E-state index contributed by atoms with van der Waals surface area (Å²) >= 11 is 0. The van der Waals surface area contributed by atoms with Gasteiger partial charge >= 0.3 is 0 Å². The summed E-state index contributed by atoms with van der Waals surface area (Å²) in [4.78, 5) is 0. The maximum atomic E-state index is 5.69. The highest BCUT2D eigenvalue weighted by molar-refractivity contribution is 5.20. The van der Waals surface area contributed by atoms with E-state index in [1.54, 1.807) is 0 Å². The van der Waals surface area contributed by atoms with E-state index in [0.717, 1.165) is 13.2 Å². The first-order chi connectivity index (χ1) is 8.24. The Morgan fingerprint density at radius 3 is 2.53 bits per heavy atom. The third kappa shape index (κ3) is 4.88. The summed E-state index contributed by atoms with van der Waals surface area (Å²) in [6, 6.07) is 8.50. The van der Waals surface area contributed by atoms with Crippen LogP contribution in [0.5, 0.6) is 0 Å². The number of benzene rings is 1. The van der Waals surface area contributed by atoms with Crippen molar-refractivity contribution < 1.29 is 9.47 Å². The van der Waals surface area contributed by atoms with Crippen molar-refractivity contribution in [3.8, 4) is 0 Å². The van der Waals surface area contributed by atoms with E-state index >= 15 is 0 Å². The second-order valence-corrected chi connectivity index (χ2v) is 5.14. The number of ether oxygens (including phenoxy) is 2. The fraction of sp³-hybridized carbons (Fsp3) is 0.600. The zero-order valence-corrected chi connectivity index (χ0v) is 10.8. The Hall–Kier alpha value is -0.860. The molecule has 1 atom stereocenters. The van der Waals surface area contributed by atoms with E-state index in [9.17, 15) is 0 Å². The third-order valence-corrected chi connectivity index (χ3v) is 2.93. The molecule has 0 radical (unpaired) electrons. The lowest BCUT2D eigenvalue weighted by atomic mass is 10.2. The highest BCUT2D eigenvalue weighted by Crippen LogP contribution is 2.24. The van der Waals surface area contributed by atoms with Crippen LogP contribution < -0.4 is 0 Å². The molecule has 17 heavy (non-hydrogen) atoms. The first kappa shape index (κ1) is 12.6. The van der Waals surface area contributed by atoms with Gasteiger partial charge in [0.2, 0.25) is 0 Å². The van der Waals surface area contributed by atoms with Crippen molar-refractivity contribution in [1.29, 1.82) is 0 Å². The van der Waals surface area contributed by atoms with Crippen molar-refractivity contribution in [3.05, 3.63) is 35.4 Å². The number of rotatable bonds is 7. The van der Waals surface area contributed by atoms with E-state index < -0.39 is 0 Å². The van der Waals surface area contributed by atoms with Crippen LogP contribution in [-0.4, -0.2) is 19.3 Å². The van der Waals surface area contributed by atoms with Crippen molar-refractivity contribution in [2.24, 2.45) is 5.92 Å². The van der Waals surface area contributed by atoms with E-state index in [4.69, 9.17) is 9.47 Å². The van der Waals surface area contributed by atoms with Gasteiger partial charge in [0.05, 0.1) is 25.9 Å². The first-order valence-corrected chi connectivity index (χ1v) is 6.49. The zero-order chi connectivity index (χ0) is 12.1. The Labute approximate surface area is 104 Å². The van der Waals surface area contributed by atoms with Crippen LogP contribution in [0.15, 0.2) is 24.3 Å². The molecule has 0 spiro atoms. The smallest absolute Gasteiger partial charge is 0.0717 e. The monoisotopic (exact) mass is 234 g/mol. The van der Waals surface area contributed by atoms with Crippen LogP contribution >= 0.6 is 0 Å². The van der Waals surface area contributed by atoms with Crippen molar-refractivity contribution in [1.82, 2.24) is 0 Å². The molecule has 2 rings (SSSR count). The molecular formula is C15H22O2. The first-order valence-electron chi connectivity index (χ1n) is 6.49. The number of hydrogen-bond donors (Lipinski definition) is 0. The van der Waals surface area contributed by atoms with Gasteiger partial charge in [0.25, 0.3) is 0 Å². The third-order valence-electron chi connectivity index (χ3n) is 2.93. The van der Waals surface area contributed by atoms with Crippen molar-refractivity contribution in [3.63, 3.8) is 0 Å². The van der Waals surface area contributed by atoms with E-state index in [1.165, 1.54) is 24.0 Å². The van der Waals surface area contributed by atoms with Crippen molar-refractivity contribution in [2.75, 3.05) is 13.2 Å². The summed E-state index contributed by atoms with van der Waals surface area (Å²) in [7, 11) is 0. The van der Waals surface area contributed by atoms with E-state index in [1.807, 2.05) is 0 Å². The van der Waals surface area contributed by atoms with Gasteiger partial charge in [0, 0.05) is 5.92 Å². The van der Waals surface area contributed by atoms with Gasteiger partial charge in [-0.15, -0.1) is 0 Å². The van der Waals surface area contributed by atoms with Gasteiger partial charge in [-0.2, -0.15) is 0 Å². The molecule has 2 heteroatoms.